The summed E-state index contributed by atoms with van der Waals surface area (Å²) < 4.78 is 35.6. The summed E-state index contributed by atoms with van der Waals surface area (Å²) in [4.78, 5) is 8.29. The molecule has 1 aromatic rings. The standard InChI is InChI=1S/C10H14F3N3S/c1-3-8-6-9(16-7(2)15-8)14-4-5-17-10(11,12)13/h6H,3-5H2,1-2H3,(H,14,15,16). The van der Waals surface area contributed by atoms with Gasteiger partial charge in [-0.25, -0.2) is 9.97 Å². The first kappa shape index (κ1) is 14.1. The fourth-order valence-electron chi connectivity index (χ4n) is 1.25. The Kier molecular flexibility index (Phi) is 5.04. The Labute approximate surface area is 102 Å². The van der Waals surface area contributed by atoms with Crippen LogP contribution in [0.25, 0.3) is 0 Å². The quantitative estimate of drug-likeness (QED) is 0.830. The Bertz CT molecular complexity index is 368. The number of aromatic nitrogens is 2. The minimum Gasteiger partial charge on any atom is -0.369 e. The molecule has 0 atom stereocenters. The molecule has 1 N–H and O–H groups in total. The van der Waals surface area contributed by atoms with Gasteiger partial charge in [0.05, 0.1) is 0 Å². The van der Waals surface area contributed by atoms with E-state index in [0.717, 1.165) is 12.1 Å². The van der Waals surface area contributed by atoms with Gasteiger partial charge in [0.15, 0.2) is 0 Å². The Morgan fingerprint density at radius 3 is 2.65 bits per heavy atom. The molecule has 0 radical (unpaired) electrons. The van der Waals surface area contributed by atoms with Crippen molar-refractivity contribution in [3.63, 3.8) is 0 Å². The minimum atomic E-state index is -4.17. The van der Waals surface area contributed by atoms with Crippen LogP contribution in [0.2, 0.25) is 0 Å². The first-order chi connectivity index (χ1) is 7.90. The highest BCUT2D eigenvalue weighted by Crippen LogP contribution is 2.29. The van der Waals surface area contributed by atoms with Gasteiger partial charge in [-0.1, -0.05) is 6.92 Å². The summed E-state index contributed by atoms with van der Waals surface area (Å²) in [6.45, 7) is 3.95. The van der Waals surface area contributed by atoms with Crippen LogP contribution in [0.5, 0.6) is 0 Å². The number of anilines is 1. The van der Waals surface area contributed by atoms with E-state index in [1.54, 1.807) is 13.0 Å². The molecule has 0 spiro atoms. The predicted octanol–water partition coefficient (Wildman–Crippen LogP) is 3.01. The zero-order valence-electron chi connectivity index (χ0n) is 9.64. The van der Waals surface area contributed by atoms with Crippen LogP contribution in [0.4, 0.5) is 19.0 Å². The van der Waals surface area contributed by atoms with E-state index in [1.807, 2.05) is 6.92 Å². The van der Waals surface area contributed by atoms with E-state index >= 15 is 0 Å². The van der Waals surface area contributed by atoms with Crippen LogP contribution in [0.15, 0.2) is 6.07 Å². The molecule has 0 aliphatic carbocycles. The first-order valence-electron chi connectivity index (χ1n) is 5.20. The maximum Gasteiger partial charge on any atom is 0.441 e. The average Bonchev–Trinajstić information content (AvgIpc) is 2.22. The van der Waals surface area contributed by atoms with Crippen LogP contribution in [-0.4, -0.2) is 27.8 Å². The molecular weight excluding hydrogens is 251 g/mol. The summed E-state index contributed by atoms with van der Waals surface area (Å²) in [7, 11) is 0. The average molecular weight is 265 g/mol. The van der Waals surface area contributed by atoms with Crippen molar-refractivity contribution in [3.8, 4) is 0 Å². The summed E-state index contributed by atoms with van der Waals surface area (Å²) in [5, 5.41) is 2.86. The van der Waals surface area contributed by atoms with Crippen LogP contribution < -0.4 is 5.32 Å². The van der Waals surface area contributed by atoms with Crippen molar-refractivity contribution >= 4 is 17.6 Å². The lowest BCUT2D eigenvalue weighted by Crippen LogP contribution is -2.11. The van der Waals surface area contributed by atoms with Gasteiger partial charge in [-0.3, -0.25) is 0 Å². The van der Waals surface area contributed by atoms with E-state index in [2.05, 4.69) is 15.3 Å². The highest BCUT2D eigenvalue weighted by Gasteiger charge is 2.27. The number of rotatable bonds is 5. The normalized spacial score (nSPS) is 11.6. The zero-order chi connectivity index (χ0) is 12.9. The maximum atomic E-state index is 11.9. The van der Waals surface area contributed by atoms with E-state index < -0.39 is 5.51 Å². The molecule has 0 bridgehead atoms. The summed E-state index contributed by atoms with van der Waals surface area (Å²) >= 11 is -0.0389. The number of alkyl halides is 3. The topological polar surface area (TPSA) is 37.8 Å². The number of hydrogen-bond donors (Lipinski definition) is 1. The van der Waals surface area contributed by atoms with Gasteiger partial charge in [-0.05, 0) is 25.1 Å². The summed E-state index contributed by atoms with van der Waals surface area (Å²) in [6.07, 6.45) is 0.773. The van der Waals surface area contributed by atoms with Crippen molar-refractivity contribution in [2.24, 2.45) is 0 Å². The molecule has 1 heterocycles. The van der Waals surface area contributed by atoms with E-state index in [1.165, 1.54) is 0 Å². The second-order valence-corrected chi connectivity index (χ2v) is 4.53. The van der Waals surface area contributed by atoms with Crippen LogP contribution >= 0.6 is 11.8 Å². The van der Waals surface area contributed by atoms with Gasteiger partial charge >= 0.3 is 5.51 Å². The molecule has 0 amide bonds. The van der Waals surface area contributed by atoms with Gasteiger partial charge in [0.25, 0.3) is 0 Å². The minimum absolute atomic E-state index is 0.0337. The number of halogens is 3. The van der Waals surface area contributed by atoms with Gasteiger partial charge in [0.2, 0.25) is 0 Å². The Morgan fingerprint density at radius 1 is 1.35 bits per heavy atom. The summed E-state index contributed by atoms with van der Waals surface area (Å²) in [6, 6.07) is 1.76. The predicted molar refractivity (Wildman–Crippen MR) is 63.1 cm³/mol. The van der Waals surface area contributed by atoms with Crippen molar-refractivity contribution in [2.75, 3.05) is 17.6 Å². The largest absolute Gasteiger partial charge is 0.441 e. The smallest absolute Gasteiger partial charge is 0.369 e. The monoisotopic (exact) mass is 265 g/mol. The van der Waals surface area contributed by atoms with Gasteiger partial charge in [-0.2, -0.15) is 13.2 Å². The Hall–Kier alpha value is -0.980. The van der Waals surface area contributed by atoms with Crippen LogP contribution in [0.1, 0.15) is 18.4 Å². The molecule has 0 saturated heterocycles. The van der Waals surface area contributed by atoms with E-state index in [0.29, 0.717) is 11.6 Å². The molecule has 0 aliphatic rings. The summed E-state index contributed by atoms with van der Waals surface area (Å²) in [5.74, 6) is 1.17. The molecule has 0 aromatic carbocycles. The van der Waals surface area contributed by atoms with E-state index in [9.17, 15) is 13.2 Å². The van der Waals surface area contributed by atoms with Crippen LogP contribution in [-0.2, 0) is 6.42 Å². The van der Waals surface area contributed by atoms with Crippen molar-refractivity contribution in [2.45, 2.75) is 25.8 Å². The molecule has 0 unspecified atom stereocenters. The highest BCUT2D eigenvalue weighted by molar-refractivity contribution is 8.00. The van der Waals surface area contributed by atoms with Crippen molar-refractivity contribution in [3.05, 3.63) is 17.6 Å². The van der Waals surface area contributed by atoms with Crippen molar-refractivity contribution < 1.29 is 13.2 Å². The number of hydrogen-bond acceptors (Lipinski definition) is 4. The third-order valence-corrected chi connectivity index (χ3v) is 2.66. The fraction of sp³-hybridized carbons (Fsp3) is 0.600. The third kappa shape index (κ3) is 5.76. The fourth-order valence-corrected chi connectivity index (χ4v) is 1.68. The number of nitrogens with one attached hydrogen (secondary N) is 1. The zero-order valence-corrected chi connectivity index (χ0v) is 10.5. The second-order valence-electron chi connectivity index (χ2n) is 3.37. The number of aryl methyl sites for hydroxylation is 2. The molecule has 3 nitrogen and oxygen atoms in total. The molecule has 0 saturated carbocycles. The third-order valence-electron chi connectivity index (χ3n) is 1.93. The maximum absolute atomic E-state index is 11.9. The van der Waals surface area contributed by atoms with Gasteiger partial charge in [0, 0.05) is 24.1 Å². The molecule has 0 fully saturated rings. The Morgan fingerprint density at radius 2 is 2.06 bits per heavy atom. The Balaban J connectivity index is 2.44. The molecule has 0 aliphatic heterocycles. The first-order valence-corrected chi connectivity index (χ1v) is 6.18. The van der Waals surface area contributed by atoms with Gasteiger partial charge in [0.1, 0.15) is 11.6 Å². The molecule has 1 rings (SSSR count). The van der Waals surface area contributed by atoms with Crippen molar-refractivity contribution in [1.29, 1.82) is 0 Å². The molecule has 1 aromatic heterocycles. The van der Waals surface area contributed by atoms with E-state index in [4.69, 9.17) is 0 Å². The van der Waals surface area contributed by atoms with Gasteiger partial charge < -0.3 is 5.32 Å². The van der Waals surface area contributed by atoms with E-state index in [-0.39, 0.29) is 24.1 Å². The lowest BCUT2D eigenvalue weighted by atomic mass is 10.3. The molecule has 96 valence electrons. The summed E-state index contributed by atoms with van der Waals surface area (Å²) in [5.41, 5.74) is -3.29. The van der Waals surface area contributed by atoms with Crippen molar-refractivity contribution in [1.82, 2.24) is 9.97 Å². The molecule has 17 heavy (non-hydrogen) atoms. The van der Waals surface area contributed by atoms with Gasteiger partial charge in [-0.15, -0.1) is 0 Å². The van der Waals surface area contributed by atoms with Crippen LogP contribution in [0, 0.1) is 6.92 Å². The molecule has 7 heteroatoms. The number of thioether (sulfide) groups is 1. The number of nitrogens with zero attached hydrogens (tertiary/aromatic N) is 2. The van der Waals surface area contributed by atoms with Crippen LogP contribution in [0.3, 0.4) is 0 Å². The molecular formula is C10H14F3N3S. The lowest BCUT2D eigenvalue weighted by molar-refractivity contribution is -0.0327. The highest BCUT2D eigenvalue weighted by atomic mass is 32.2. The second kappa shape index (κ2) is 6.09. The SMILES string of the molecule is CCc1cc(NCCSC(F)(F)F)nc(C)n1. The lowest BCUT2D eigenvalue weighted by Gasteiger charge is -2.08.